The lowest BCUT2D eigenvalue weighted by molar-refractivity contribution is -0.138. The molecule has 0 bridgehead atoms. The van der Waals surface area contributed by atoms with Crippen molar-refractivity contribution in [2.24, 2.45) is 5.41 Å². The molecule has 7 nitrogen and oxygen atoms in total. The molecule has 0 aliphatic heterocycles. The Morgan fingerprint density at radius 3 is 2.29 bits per heavy atom. The fraction of sp³-hybridized carbons (Fsp3) is 0.750. The molecule has 0 saturated carbocycles. The van der Waals surface area contributed by atoms with Crippen LogP contribution in [0.1, 0.15) is 52.9 Å². The van der Waals surface area contributed by atoms with Crippen LogP contribution in [-0.4, -0.2) is 68.7 Å². The lowest BCUT2D eigenvalue weighted by Crippen LogP contribution is -2.34. The fourth-order valence-electron chi connectivity index (χ4n) is 3.46. The van der Waals surface area contributed by atoms with E-state index in [1.165, 1.54) is 0 Å². The second kappa shape index (κ2) is 11.0. The highest BCUT2D eigenvalue weighted by Crippen LogP contribution is 2.41. The van der Waals surface area contributed by atoms with Gasteiger partial charge in [-0.2, -0.15) is 0 Å². The van der Waals surface area contributed by atoms with Gasteiger partial charge in [-0.15, -0.1) is 0 Å². The molecule has 0 saturated heterocycles. The van der Waals surface area contributed by atoms with Gasteiger partial charge < -0.3 is 19.8 Å². The number of ether oxygens (including phenoxy) is 1. The second-order valence-corrected chi connectivity index (χ2v) is 10.0. The Morgan fingerprint density at radius 2 is 1.79 bits per heavy atom. The number of carbonyl (C=O) groups is 1. The number of aliphatic hydroxyl groups excluding tert-OH is 2. The van der Waals surface area contributed by atoms with Crippen LogP contribution in [0.15, 0.2) is 22.3 Å². The van der Waals surface area contributed by atoms with Crippen molar-refractivity contribution in [2.45, 2.75) is 52.9 Å². The number of unbranched alkanes of at least 4 members (excludes halogenated alkanes) is 2. The minimum absolute atomic E-state index is 0.0881. The lowest BCUT2D eigenvalue weighted by atomic mass is 9.76. The third kappa shape index (κ3) is 7.56. The molecular weight excluding hydrogens is 382 g/mol. The predicted molar refractivity (Wildman–Crippen MR) is 109 cm³/mol. The number of esters is 1. The van der Waals surface area contributed by atoms with E-state index >= 15 is 0 Å². The average molecular weight is 418 g/mol. The van der Waals surface area contributed by atoms with E-state index in [4.69, 9.17) is 4.74 Å². The number of carbonyl (C=O) groups excluding carboxylic acids is 1. The van der Waals surface area contributed by atoms with Gasteiger partial charge in [0.2, 0.25) is 0 Å². The van der Waals surface area contributed by atoms with E-state index in [1.54, 1.807) is 6.08 Å². The Hall–Kier alpha value is -1.38. The van der Waals surface area contributed by atoms with Crippen LogP contribution in [0.25, 0.3) is 0 Å². The number of aliphatic hydroxyl groups is 2. The molecule has 0 atom stereocenters. The number of allylic oxidation sites excluding steroid dienone is 3. The number of rotatable bonds is 11. The summed E-state index contributed by atoms with van der Waals surface area (Å²) in [5, 5.41) is 18.6. The third-order valence-electron chi connectivity index (χ3n) is 4.64. The third-order valence-corrected chi connectivity index (χ3v) is 5.81. The zero-order valence-electron chi connectivity index (χ0n) is 17.5. The van der Waals surface area contributed by atoms with Gasteiger partial charge in [0, 0.05) is 25.0 Å². The molecule has 0 aromatic carbocycles. The maximum atomic E-state index is 12.6. The monoisotopic (exact) mass is 417 g/mol. The van der Waals surface area contributed by atoms with Crippen molar-refractivity contribution in [1.29, 1.82) is 0 Å². The summed E-state index contributed by atoms with van der Waals surface area (Å²) >= 11 is 0. The lowest BCUT2D eigenvalue weighted by Gasteiger charge is -2.37. The summed E-state index contributed by atoms with van der Waals surface area (Å²) in [5.74, 6) is -0.808. The fourth-order valence-corrected chi connectivity index (χ4v) is 4.43. The maximum Gasteiger partial charge on any atom is 0.350 e. The summed E-state index contributed by atoms with van der Waals surface area (Å²) in [6.07, 6.45) is 6.39. The quantitative estimate of drug-likeness (QED) is 0.301. The van der Waals surface area contributed by atoms with Gasteiger partial charge in [-0.05, 0) is 36.3 Å². The molecule has 1 rings (SSSR count). The van der Waals surface area contributed by atoms with Gasteiger partial charge in [-0.1, -0.05) is 33.6 Å². The van der Waals surface area contributed by atoms with Gasteiger partial charge in [0.05, 0.1) is 19.8 Å². The van der Waals surface area contributed by atoms with Crippen molar-refractivity contribution in [3.8, 4) is 0 Å². The highest BCUT2D eigenvalue weighted by molar-refractivity contribution is 7.95. The first-order chi connectivity index (χ1) is 13.1. The zero-order valence-corrected chi connectivity index (χ0v) is 18.3. The van der Waals surface area contributed by atoms with E-state index in [2.05, 4.69) is 0 Å². The summed E-state index contributed by atoms with van der Waals surface area (Å²) < 4.78 is 30.1. The van der Waals surface area contributed by atoms with Crippen LogP contribution in [0.5, 0.6) is 0 Å². The summed E-state index contributed by atoms with van der Waals surface area (Å²) in [5.41, 5.74) is 0.950. The highest BCUT2D eigenvalue weighted by Gasteiger charge is 2.34. The first kappa shape index (κ1) is 24.7. The molecule has 0 fully saturated rings. The molecule has 162 valence electrons. The smallest absolute Gasteiger partial charge is 0.350 e. The van der Waals surface area contributed by atoms with Crippen LogP contribution in [0.2, 0.25) is 0 Å². The normalized spacial score (nSPS) is 18.4. The standard InChI is InChI=1S/C20H35NO6S/c1-5-6-7-12-27-19(24)18(28(4,25)26)16-13-17(15-20(2,3)14-16)21(8-10-22)9-11-23/h13,22-23H,5-12,14-15H2,1-4H3. The van der Waals surface area contributed by atoms with Crippen molar-refractivity contribution in [3.05, 3.63) is 22.3 Å². The molecule has 0 aromatic heterocycles. The van der Waals surface area contributed by atoms with Gasteiger partial charge in [-0.25, -0.2) is 13.2 Å². The van der Waals surface area contributed by atoms with E-state index in [0.29, 0.717) is 37.9 Å². The highest BCUT2D eigenvalue weighted by atomic mass is 32.2. The van der Waals surface area contributed by atoms with E-state index in [1.807, 2.05) is 25.7 Å². The van der Waals surface area contributed by atoms with Gasteiger partial charge >= 0.3 is 5.97 Å². The maximum absolute atomic E-state index is 12.6. The average Bonchev–Trinajstić information content (AvgIpc) is 2.56. The number of hydrogen-bond acceptors (Lipinski definition) is 7. The number of sulfone groups is 1. The van der Waals surface area contributed by atoms with Crippen molar-refractivity contribution in [3.63, 3.8) is 0 Å². The van der Waals surface area contributed by atoms with Crippen molar-refractivity contribution in [1.82, 2.24) is 4.90 Å². The van der Waals surface area contributed by atoms with Gasteiger partial charge in [0.15, 0.2) is 14.7 Å². The molecule has 0 heterocycles. The van der Waals surface area contributed by atoms with Crippen LogP contribution in [0, 0.1) is 5.41 Å². The summed E-state index contributed by atoms with van der Waals surface area (Å²) in [6.45, 7) is 6.71. The Balaban J connectivity index is 3.35. The van der Waals surface area contributed by atoms with E-state index in [0.717, 1.165) is 24.8 Å². The molecule has 0 amide bonds. The Morgan fingerprint density at radius 1 is 1.18 bits per heavy atom. The number of nitrogens with zero attached hydrogens (tertiary/aromatic N) is 1. The van der Waals surface area contributed by atoms with E-state index in [9.17, 15) is 23.4 Å². The Bertz CT molecular complexity index is 687. The molecule has 0 unspecified atom stereocenters. The topological polar surface area (TPSA) is 104 Å². The molecule has 0 spiro atoms. The van der Waals surface area contributed by atoms with Crippen LogP contribution >= 0.6 is 0 Å². The van der Waals surface area contributed by atoms with Gasteiger partial charge in [-0.3, -0.25) is 0 Å². The molecular formula is C20H35NO6S. The van der Waals surface area contributed by atoms with E-state index < -0.39 is 15.8 Å². The molecule has 28 heavy (non-hydrogen) atoms. The van der Waals surface area contributed by atoms with Crippen LogP contribution in [-0.2, 0) is 19.4 Å². The van der Waals surface area contributed by atoms with Crippen LogP contribution < -0.4 is 0 Å². The summed E-state index contributed by atoms with van der Waals surface area (Å²) in [7, 11) is -3.79. The summed E-state index contributed by atoms with van der Waals surface area (Å²) in [4.78, 5) is 14.1. The van der Waals surface area contributed by atoms with Crippen molar-refractivity contribution in [2.75, 3.05) is 39.2 Å². The van der Waals surface area contributed by atoms with E-state index in [-0.39, 0.29) is 30.1 Å². The van der Waals surface area contributed by atoms with Crippen LogP contribution in [0.3, 0.4) is 0 Å². The number of hydrogen-bond donors (Lipinski definition) is 2. The van der Waals surface area contributed by atoms with Gasteiger partial charge in [0.25, 0.3) is 0 Å². The SMILES string of the molecule is CCCCCOC(=O)C(=C1C=C(N(CCO)CCO)CC(C)(C)C1)S(C)(=O)=O. The predicted octanol–water partition coefficient (Wildman–Crippen LogP) is 2.01. The minimum atomic E-state index is -3.79. The van der Waals surface area contributed by atoms with Crippen molar-refractivity contribution >= 4 is 15.8 Å². The Labute approximate surface area is 169 Å². The van der Waals surface area contributed by atoms with Gasteiger partial charge in [0.1, 0.15) is 0 Å². The molecule has 1 aliphatic carbocycles. The largest absolute Gasteiger partial charge is 0.462 e. The molecule has 2 N–H and O–H groups in total. The van der Waals surface area contributed by atoms with Crippen molar-refractivity contribution < 1.29 is 28.2 Å². The first-order valence-corrected chi connectivity index (χ1v) is 11.7. The molecule has 8 heteroatoms. The minimum Gasteiger partial charge on any atom is -0.462 e. The van der Waals surface area contributed by atoms with Crippen LogP contribution in [0.4, 0.5) is 0 Å². The first-order valence-electron chi connectivity index (χ1n) is 9.83. The zero-order chi connectivity index (χ0) is 21.4. The molecule has 1 aliphatic rings. The Kier molecular flexibility index (Phi) is 9.66. The summed E-state index contributed by atoms with van der Waals surface area (Å²) in [6, 6.07) is 0. The second-order valence-electron chi connectivity index (χ2n) is 8.06. The molecule has 0 aromatic rings. The molecule has 0 radical (unpaired) electrons.